The Kier molecular flexibility index (Phi) is 4.59. The van der Waals surface area contributed by atoms with Crippen LogP contribution in [0.5, 0.6) is 5.75 Å². The number of anilines is 1. The molecule has 6 heteroatoms. The Labute approximate surface area is 128 Å². The second kappa shape index (κ2) is 6.62. The molecule has 2 aliphatic rings. The summed E-state index contributed by atoms with van der Waals surface area (Å²) in [5, 5.41) is 15.0. The number of halogens is 1. The van der Waals surface area contributed by atoms with Crippen molar-refractivity contribution >= 4 is 11.6 Å². The molecule has 2 unspecified atom stereocenters. The standard InChI is InChI=1S/C16H21FN2O3/c17-13-7-10(19-16(21)14-8-11(20)9-18-14)5-6-15(13)22-12-3-1-2-4-12/h5-7,11-12,14,18,20H,1-4,8-9H2,(H,19,21). The Hall–Kier alpha value is -1.66. The molecule has 3 N–H and O–H groups in total. The van der Waals surface area contributed by atoms with Crippen LogP contribution >= 0.6 is 0 Å². The SMILES string of the molecule is O=C(Nc1ccc(OC2CCCC2)c(F)c1)C1CC(O)CN1. The van der Waals surface area contributed by atoms with Gasteiger partial charge in [-0.05, 0) is 44.2 Å². The van der Waals surface area contributed by atoms with Gasteiger partial charge in [0, 0.05) is 18.3 Å². The average Bonchev–Trinajstić information content (AvgIpc) is 3.13. The molecule has 0 bridgehead atoms. The van der Waals surface area contributed by atoms with E-state index in [9.17, 15) is 14.3 Å². The minimum Gasteiger partial charge on any atom is -0.487 e. The highest BCUT2D eigenvalue weighted by molar-refractivity contribution is 5.95. The number of rotatable bonds is 4. The molecule has 1 aromatic carbocycles. The monoisotopic (exact) mass is 308 g/mol. The number of hydrogen-bond donors (Lipinski definition) is 3. The smallest absolute Gasteiger partial charge is 0.241 e. The van der Waals surface area contributed by atoms with Crippen molar-refractivity contribution in [3.8, 4) is 5.75 Å². The van der Waals surface area contributed by atoms with Crippen molar-refractivity contribution in [3.63, 3.8) is 0 Å². The number of β-amino-alcohol motifs (C(OH)–C–C–N with tert-alkyl or cyclic N) is 1. The van der Waals surface area contributed by atoms with E-state index < -0.39 is 18.0 Å². The zero-order valence-corrected chi connectivity index (χ0v) is 12.3. The third-order valence-electron chi connectivity index (χ3n) is 4.22. The fourth-order valence-electron chi connectivity index (χ4n) is 3.01. The van der Waals surface area contributed by atoms with Gasteiger partial charge in [-0.15, -0.1) is 0 Å². The molecule has 0 radical (unpaired) electrons. The highest BCUT2D eigenvalue weighted by Crippen LogP contribution is 2.27. The molecule has 3 rings (SSSR count). The first-order valence-electron chi connectivity index (χ1n) is 7.80. The van der Waals surface area contributed by atoms with E-state index in [0.29, 0.717) is 18.7 Å². The lowest BCUT2D eigenvalue weighted by Crippen LogP contribution is -2.35. The third-order valence-corrected chi connectivity index (χ3v) is 4.22. The second-order valence-electron chi connectivity index (χ2n) is 6.01. The van der Waals surface area contributed by atoms with Gasteiger partial charge in [0.15, 0.2) is 11.6 Å². The van der Waals surface area contributed by atoms with Gasteiger partial charge in [-0.25, -0.2) is 4.39 Å². The molecule has 2 atom stereocenters. The lowest BCUT2D eigenvalue weighted by molar-refractivity contribution is -0.117. The van der Waals surface area contributed by atoms with Crippen LogP contribution in [0.15, 0.2) is 18.2 Å². The first-order valence-corrected chi connectivity index (χ1v) is 7.80. The molecule has 22 heavy (non-hydrogen) atoms. The van der Waals surface area contributed by atoms with Crippen LogP contribution in [-0.2, 0) is 4.79 Å². The average molecular weight is 308 g/mol. The van der Waals surface area contributed by atoms with E-state index in [1.165, 1.54) is 6.07 Å². The summed E-state index contributed by atoms with van der Waals surface area (Å²) >= 11 is 0. The number of nitrogens with one attached hydrogen (secondary N) is 2. The van der Waals surface area contributed by atoms with E-state index in [1.807, 2.05) is 0 Å². The molecule has 1 aromatic rings. The van der Waals surface area contributed by atoms with Crippen molar-refractivity contribution < 1.29 is 19.0 Å². The zero-order valence-electron chi connectivity index (χ0n) is 12.3. The maximum absolute atomic E-state index is 14.1. The van der Waals surface area contributed by atoms with Crippen molar-refractivity contribution in [2.75, 3.05) is 11.9 Å². The number of ether oxygens (including phenoxy) is 1. The van der Waals surface area contributed by atoms with Gasteiger partial charge >= 0.3 is 0 Å². The van der Waals surface area contributed by atoms with Crippen molar-refractivity contribution in [1.82, 2.24) is 5.32 Å². The minimum atomic E-state index is -0.505. The molecule has 120 valence electrons. The van der Waals surface area contributed by atoms with Crippen LogP contribution in [0.3, 0.4) is 0 Å². The molecule has 1 amide bonds. The molecule has 1 saturated heterocycles. The summed E-state index contributed by atoms with van der Waals surface area (Å²) in [4.78, 5) is 12.0. The van der Waals surface area contributed by atoms with Gasteiger partial charge in [-0.3, -0.25) is 4.79 Å². The molecule has 1 aliphatic heterocycles. The van der Waals surface area contributed by atoms with Crippen LogP contribution in [-0.4, -0.2) is 35.8 Å². The van der Waals surface area contributed by atoms with Gasteiger partial charge in [0.2, 0.25) is 5.91 Å². The molecule has 1 saturated carbocycles. The van der Waals surface area contributed by atoms with Crippen LogP contribution in [0.4, 0.5) is 10.1 Å². The Balaban J connectivity index is 1.60. The van der Waals surface area contributed by atoms with Gasteiger partial charge in [-0.1, -0.05) is 0 Å². The maximum atomic E-state index is 14.1. The van der Waals surface area contributed by atoms with Crippen LogP contribution in [0, 0.1) is 5.82 Å². The largest absolute Gasteiger partial charge is 0.487 e. The summed E-state index contributed by atoms with van der Waals surface area (Å²) in [5.74, 6) is -0.496. The van der Waals surface area contributed by atoms with Gasteiger partial charge < -0.3 is 20.5 Å². The van der Waals surface area contributed by atoms with E-state index in [0.717, 1.165) is 25.7 Å². The lowest BCUT2D eigenvalue weighted by atomic mass is 10.2. The summed E-state index contributed by atoms with van der Waals surface area (Å²) in [7, 11) is 0. The minimum absolute atomic E-state index is 0.0964. The predicted molar refractivity (Wildman–Crippen MR) is 80.3 cm³/mol. The number of hydrogen-bond acceptors (Lipinski definition) is 4. The quantitative estimate of drug-likeness (QED) is 0.793. The maximum Gasteiger partial charge on any atom is 0.241 e. The second-order valence-corrected chi connectivity index (χ2v) is 6.01. The molecule has 0 aromatic heterocycles. The first kappa shape index (κ1) is 15.2. The van der Waals surface area contributed by atoms with Crippen LogP contribution in [0.25, 0.3) is 0 Å². The highest BCUT2D eigenvalue weighted by Gasteiger charge is 2.28. The fraction of sp³-hybridized carbons (Fsp3) is 0.562. The number of benzene rings is 1. The molecule has 1 aliphatic carbocycles. The van der Waals surface area contributed by atoms with E-state index in [-0.39, 0.29) is 17.8 Å². The van der Waals surface area contributed by atoms with Crippen LogP contribution in [0.1, 0.15) is 32.1 Å². The fourth-order valence-corrected chi connectivity index (χ4v) is 3.01. The van der Waals surface area contributed by atoms with E-state index in [1.54, 1.807) is 12.1 Å². The van der Waals surface area contributed by atoms with Gasteiger partial charge in [0.1, 0.15) is 0 Å². The molecular formula is C16H21FN2O3. The number of aliphatic hydroxyl groups excluding tert-OH is 1. The molecular weight excluding hydrogens is 287 g/mol. The van der Waals surface area contributed by atoms with Gasteiger partial charge in [-0.2, -0.15) is 0 Å². The number of amides is 1. The Morgan fingerprint density at radius 1 is 1.36 bits per heavy atom. The van der Waals surface area contributed by atoms with Crippen molar-refractivity contribution in [3.05, 3.63) is 24.0 Å². The number of carbonyl (C=O) groups excluding carboxylic acids is 1. The Morgan fingerprint density at radius 2 is 2.14 bits per heavy atom. The third kappa shape index (κ3) is 3.56. The Morgan fingerprint density at radius 3 is 2.77 bits per heavy atom. The van der Waals surface area contributed by atoms with E-state index in [2.05, 4.69) is 10.6 Å². The van der Waals surface area contributed by atoms with Gasteiger partial charge in [0.25, 0.3) is 0 Å². The van der Waals surface area contributed by atoms with Crippen LogP contribution in [0.2, 0.25) is 0 Å². The Bertz CT molecular complexity index is 546. The topological polar surface area (TPSA) is 70.6 Å². The van der Waals surface area contributed by atoms with E-state index >= 15 is 0 Å². The number of carbonyl (C=O) groups is 1. The molecule has 5 nitrogen and oxygen atoms in total. The van der Waals surface area contributed by atoms with Crippen molar-refractivity contribution in [2.24, 2.45) is 0 Å². The summed E-state index contributed by atoms with van der Waals surface area (Å²) in [6, 6.07) is 4.03. The molecule has 1 heterocycles. The zero-order chi connectivity index (χ0) is 15.5. The van der Waals surface area contributed by atoms with Gasteiger partial charge in [0.05, 0.1) is 18.2 Å². The lowest BCUT2D eigenvalue weighted by Gasteiger charge is -2.15. The van der Waals surface area contributed by atoms with Crippen molar-refractivity contribution in [2.45, 2.75) is 50.4 Å². The highest BCUT2D eigenvalue weighted by atomic mass is 19.1. The first-order chi connectivity index (χ1) is 10.6. The van der Waals surface area contributed by atoms with E-state index in [4.69, 9.17) is 4.74 Å². The summed E-state index contributed by atoms with van der Waals surface area (Å²) in [5.41, 5.74) is 0.393. The summed E-state index contributed by atoms with van der Waals surface area (Å²) in [6.07, 6.45) is 4.15. The molecule has 2 fully saturated rings. The predicted octanol–water partition coefficient (Wildman–Crippen LogP) is 1.81. The number of aliphatic hydroxyl groups is 1. The normalized spacial score (nSPS) is 25.4. The summed E-state index contributed by atoms with van der Waals surface area (Å²) < 4.78 is 19.7. The van der Waals surface area contributed by atoms with Crippen LogP contribution < -0.4 is 15.4 Å². The van der Waals surface area contributed by atoms with Crippen molar-refractivity contribution in [1.29, 1.82) is 0 Å². The molecule has 0 spiro atoms. The summed E-state index contributed by atoms with van der Waals surface area (Å²) in [6.45, 7) is 0.403.